The molecule has 3 aromatic rings. The first-order chi connectivity index (χ1) is 15.3. The number of carbonyl (C=O) groups is 2. The topological polar surface area (TPSA) is 49.4 Å². The van der Waals surface area contributed by atoms with Gasteiger partial charge < -0.3 is 10.2 Å². The lowest BCUT2D eigenvalue weighted by Crippen LogP contribution is -2.44. The number of amides is 2. The first-order valence-corrected chi connectivity index (χ1v) is 11.2. The lowest BCUT2D eigenvalue weighted by molar-refractivity contribution is -0.144. The van der Waals surface area contributed by atoms with E-state index in [0.717, 1.165) is 16.7 Å². The zero-order chi connectivity index (χ0) is 23.1. The Balaban J connectivity index is 1.92. The number of aryl methyl sites for hydroxylation is 1. The van der Waals surface area contributed by atoms with Crippen molar-refractivity contribution in [3.63, 3.8) is 0 Å². The number of halogens is 1. The average Bonchev–Trinajstić information content (AvgIpc) is 2.79. The van der Waals surface area contributed by atoms with E-state index >= 15 is 0 Å². The molecule has 0 radical (unpaired) electrons. The number of benzene rings is 3. The molecule has 2 amide bonds. The van der Waals surface area contributed by atoms with Gasteiger partial charge in [-0.15, -0.1) is 0 Å². The molecule has 0 saturated heterocycles. The Morgan fingerprint density at radius 1 is 0.875 bits per heavy atom. The fourth-order valence-electron chi connectivity index (χ4n) is 3.51. The summed E-state index contributed by atoms with van der Waals surface area (Å²) in [7, 11) is 0. The molecule has 5 heteroatoms. The number of rotatable bonds is 8. The van der Waals surface area contributed by atoms with E-state index in [0.29, 0.717) is 18.1 Å². The largest absolute Gasteiger partial charge is 0.350 e. The van der Waals surface area contributed by atoms with Gasteiger partial charge in [0.05, 0.1) is 0 Å². The van der Waals surface area contributed by atoms with E-state index in [1.165, 1.54) is 5.56 Å². The van der Waals surface area contributed by atoms with Crippen LogP contribution >= 0.6 is 11.6 Å². The molecule has 0 aliphatic carbocycles. The predicted octanol–water partition coefficient (Wildman–Crippen LogP) is 5.69. The van der Waals surface area contributed by atoms with Gasteiger partial charge in [0.15, 0.2) is 0 Å². The molecule has 166 valence electrons. The molecule has 0 aliphatic rings. The van der Waals surface area contributed by atoms with Gasteiger partial charge in [-0.05, 0) is 35.7 Å². The van der Waals surface area contributed by atoms with Gasteiger partial charge in [0.2, 0.25) is 11.8 Å². The van der Waals surface area contributed by atoms with E-state index in [-0.39, 0.29) is 17.7 Å². The first-order valence-electron chi connectivity index (χ1n) is 10.8. The Morgan fingerprint density at radius 2 is 1.47 bits per heavy atom. The van der Waals surface area contributed by atoms with E-state index in [1.54, 1.807) is 17.0 Å². The molecule has 0 saturated carbocycles. The maximum absolute atomic E-state index is 13.5. The Kier molecular flexibility index (Phi) is 8.07. The highest BCUT2D eigenvalue weighted by Gasteiger charge is 2.32. The van der Waals surface area contributed by atoms with E-state index < -0.39 is 6.04 Å². The molecule has 0 aromatic heterocycles. The highest BCUT2D eigenvalue weighted by Crippen LogP contribution is 2.26. The summed E-state index contributed by atoms with van der Waals surface area (Å²) in [5.74, 6) is -0.544. The summed E-state index contributed by atoms with van der Waals surface area (Å²) >= 11 is 6.03. The molecule has 0 heterocycles. The fourth-order valence-corrected chi connectivity index (χ4v) is 3.64. The molecule has 0 bridgehead atoms. The van der Waals surface area contributed by atoms with Crippen LogP contribution in [0.5, 0.6) is 0 Å². The second-order valence-electron chi connectivity index (χ2n) is 8.26. The molecular weight excluding hydrogens is 420 g/mol. The molecule has 0 spiro atoms. The van der Waals surface area contributed by atoms with Crippen LogP contribution in [-0.2, 0) is 22.7 Å². The standard InChI is InChI=1S/C27H29ClN2O2/c1-19(2)27(32)30(18-22-13-15-24(28)16-14-22)25(23-7-5-4-6-8-23)26(31)29-17-21-11-9-20(3)10-12-21/h4-16,19,25H,17-18H2,1-3H3,(H,29,31)/t25-/m1/s1. The summed E-state index contributed by atoms with van der Waals surface area (Å²) in [4.78, 5) is 28.4. The van der Waals surface area contributed by atoms with Crippen LogP contribution in [0.3, 0.4) is 0 Å². The van der Waals surface area contributed by atoms with Crippen LogP contribution in [-0.4, -0.2) is 16.7 Å². The maximum Gasteiger partial charge on any atom is 0.247 e. The summed E-state index contributed by atoms with van der Waals surface area (Å²) in [6.45, 7) is 6.44. The Hall–Kier alpha value is -3.11. The van der Waals surface area contributed by atoms with Crippen LogP contribution in [0, 0.1) is 12.8 Å². The van der Waals surface area contributed by atoms with Crippen molar-refractivity contribution in [3.05, 3.63) is 106 Å². The summed E-state index contributed by atoms with van der Waals surface area (Å²) in [5, 5.41) is 3.66. The van der Waals surface area contributed by atoms with E-state index in [1.807, 2.05) is 87.5 Å². The lowest BCUT2D eigenvalue weighted by Gasteiger charge is -2.33. The van der Waals surface area contributed by atoms with Crippen molar-refractivity contribution < 1.29 is 9.59 Å². The average molecular weight is 449 g/mol. The number of carbonyl (C=O) groups excluding carboxylic acids is 2. The van der Waals surface area contributed by atoms with Crippen LogP contribution in [0.15, 0.2) is 78.9 Å². The van der Waals surface area contributed by atoms with Crippen molar-refractivity contribution in [3.8, 4) is 0 Å². The summed E-state index contributed by atoms with van der Waals surface area (Å²) in [5.41, 5.74) is 3.86. The number of nitrogens with one attached hydrogen (secondary N) is 1. The third kappa shape index (κ3) is 6.21. The van der Waals surface area contributed by atoms with E-state index in [9.17, 15) is 9.59 Å². The monoisotopic (exact) mass is 448 g/mol. The van der Waals surface area contributed by atoms with Gasteiger partial charge >= 0.3 is 0 Å². The van der Waals surface area contributed by atoms with Gasteiger partial charge in [-0.3, -0.25) is 9.59 Å². The third-order valence-corrected chi connectivity index (χ3v) is 5.56. The normalized spacial score (nSPS) is 11.8. The van der Waals surface area contributed by atoms with Gasteiger partial charge in [0.1, 0.15) is 6.04 Å². The third-order valence-electron chi connectivity index (χ3n) is 5.31. The Morgan fingerprint density at radius 3 is 2.06 bits per heavy atom. The van der Waals surface area contributed by atoms with Crippen molar-refractivity contribution in [1.29, 1.82) is 0 Å². The minimum atomic E-state index is -0.743. The summed E-state index contributed by atoms with van der Waals surface area (Å²) in [6, 6.07) is 24.1. The quantitative estimate of drug-likeness (QED) is 0.481. The molecule has 0 fully saturated rings. The van der Waals surface area contributed by atoms with Crippen molar-refractivity contribution in [1.82, 2.24) is 10.2 Å². The minimum Gasteiger partial charge on any atom is -0.350 e. The Labute approximate surface area is 195 Å². The summed E-state index contributed by atoms with van der Waals surface area (Å²) in [6.07, 6.45) is 0. The van der Waals surface area contributed by atoms with E-state index in [4.69, 9.17) is 11.6 Å². The predicted molar refractivity (Wildman–Crippen MR) is 129 cm³/mol. The fraction of sp³-hybridized carbons (Fsp3) is 0.259. The molecule has 4 nitrogen and oxygen atoms in total. The molecule has 3 aromatic carbocycles. The smallest absolute Gasteiger partial charge is 0.247 e. The van der Waals surface area contributed by atoms with E-state index in [2.05, 4.69) is 5.32 Å². The zero-order valence-corrected chi connectivity index (χ0v) is 19.5. The Bertz CT molecular complexity index is 1030. The van der Waals surface area contributed by atoms with Crippen molar-refractivity contribution in [2.75, 3.05) is 0 Å². The molecule has 0 aliphatic heterocycles. The number of hydrogen-bond donors (Lipinski definition) is 1. The van der Waals surface area contributed by atoms with Crippen molar-refractivity contribution in [2.24, 2.45) is 5.92 Å². The first kappa shape index (κ1) is 23.6. The molecule has 1 atom stereocenters. The van der Waals surface area contributed by atoms with Gasteiger partial charge in [-0.1, -0.05) is 97.7 Å². The summed E-state index contributed by atoms with van der Waals surface area (Å²) < 4.78 is 0. The van der Waals surface area contributed by atoms with Crippen LogP contribution in [0.1, 0.15) is 42.1 Å². The molecule has 0 unspecified atom stereocenters. The molecule has 32 heavy (non-hydrogen) atoms. The lowest BCUT2D eigenvalue weighted by atomic mass is 10.0. The number of hydrogen-bond acceptors (Lipinski definition) is 2. The van der Waals surface area contributed by atoms with Gasteiger partial charge in [-0.25, -0.2) is 0 Å². The molecular formula is C27H29ClN2O2. The second-order valence-corrected chi connectivity index (χ2v) is 8.70. The second kappa shape index (κ2) is 11.0. The van der Waals surface area contributed by atoms with Crippen molar-refractivity contribution in [2.45, 2.75) is 39.9 Å². The van der Waals surface area contributed by atoms with Crippen LogP contribution in [0.25, 0.3) is 0 Å². The van der Waals surface area contributed by atoms with Crippen LogP contribution < -0.4 is 5.32 Å². The van der Waals surface area contributed by atoms with Crippen LogP contribution in [0.2, 0.25) is 5.02 Å². The van der Waals surface area contributed by atoms with Crippen LogP contribution in [0.4, 0.5) is 0 Å². The zero-order valence-electron chi connectivity index (χ0n) is 18.7. The highest BCUT2D eigenvalue weighted by atomic mass is 35.5. The van der Waals surface area contributed by atoms with Gasteiger partial charge in [-0.2, -0.15) is 0 Å². The van der Waals surface area contributed by atoms with Gasteiger partial charge in [0.25, 0.3) is 0 Å². The SMILES string of the molecule is Cc1ccc(CNC(=O)[C@@H](c2ccccc2)N(Cc2ccc(Cl)cc2)C(=O)C(C)C)cc1. The number of nitrogens with zero attached hydrogens (tertiary/aromatic N) is 1. The van der Waals surface area contributed by atoms with Gasteiger partial charge in [0, 0.05) is 24.0 Å². The maximum atomic E-state index is 13.5. The minimum absolute atomic E-state index is 0.0840. The van der Waals surface area contributed by atoms with Crippen molar-refractivity contribution >= 4 is 23.4 Å². The highest BCUT2D eigenvalue weighted by molar-refractivity contribution is 6.30. The molecule has 3 rings (SSSR count). The molecule has 1 N–H and O–H groups in total.